The fourth-order valence-electron chi connectivity index (χ4n) is 3.66. The highest BCUT2D eigenvalue weighted by Crippen LogP contribution is 2.27. The van der Waals surface area contributed by atoms with E-state index in [0.717, 1.165) is 61.0 Å². The molecule has 25 heavy (non-hydrogen) atoms. The Bertz CT molecular complexity index is 720. The van der Waals surface area contributed by atoms with Crippen molar-refractivity contribution in [3.8, 4) is 0 Å². The minimum Gasteiger partial charge on any atom is -0.464 e. The van der Waals surface area contributed by atoms with Crippen LogP contribution in [0.3, 0.4) is 0 Å². The lowest BCUT2D eigenvalue weighted by Gasteiger charge is -2.34. The van der Waals surface area contributed by atoms with Gasteiger partial charge in [-0.15, -0.1) is 12.4 Å². The van der Waals surface area contributed by atoms with Crippen LogP contribution in [-0.4, -0.2) is 36.5 Å². The Morgan fingerprint density at radius 3 is 2.68 bits per heavy atom. The highest BCUT2D eigenvalue weighted by atomic mass is 35.5. The molecule has 5 heteroatoms. The van der Waals surface area contributed by atoms with Gasteiger partial charge in [0, 0.05) is 23.5 Å². The SMILES string of the molecule is CCCN(C(=O)Cc1coc2c(C)c(C)ccc12)C1CCNCC1.Cl. The van der Waals surface area contributed by atoms with Crippen molar-refractivity contribution in [3.63, 3.8) is 0 Å². The van der Waals surface area contributed by atoms with Gasteiger partial charge < -0.3 is 14.6 Å². The molecule has 1 saturated heterocycles. The molecule has 1 fully saturated rings. The number of carbonyl (C=O) groups is 1. The molecule has 2 heterocycles. The summed E-state index contributed by atoms with van der Waals surface area (Å²) in [6, 6.07) is 4.57. The van der Waals surface area contributed by atoms with Gasteiger partial charge in [0.2, 0.25) is 5.91 Å². The highest BCUT2D eigenvalue weighted by Gasteiger charge is 2.25. The minimum atomic E-state index is 0. The fraction of sp³-hybridized carbons (Fsp3) is 0.550. The van der Waals surface area contributed by atoms with Gasteiger partial charge in [0.1, 0.15) is 5.58 Å². The van der Waals surface area contributed by atoms with Crippen molar-refractivity contribution in [2.24, 2.45) is 0 Å². The maximum absolute atomic E-state index is 13.0. The van der Waals surface area contributed by atoms with Gasteiger partial charge in [0.05, 0.1) is 12.7 Å². The molecule has 1 aliphatic rings. The summed E-state index contributed by atoms with van der Waals surface area (Å²) < 4.78 is 5.77. The van der Waals surface area contributed by atoms with Crippen molar-refractivity contribution in [1.82, 2.24) is 10.2 Å². The summed E-state index contributed by atoms with van der Waals surface area (Å²) in [6.45, 7) is 9.15. The summed E-state index contributed by atoms with van der Waals surface area (Å²) in [4.78, 5) is 15.1. The first-order chi connectivity index (χ1) is 11.6. The summed E-state index contributed by atoms with van der Waals surface area (Å²) in [5.74, 6) is 0.227. The molecule has 3 rings (SSSR count). The van der Waals surface area contributed by atoms with E-state index >= 15 is 0 Å². The predicted octanol–water partition coefficient (Wildman–Crippen LogP) is 4.00. The van der Waals surface area contributed by atoms with Crippen molar-refractivity contribution in [1.29, 1.82) is 0 Å². The zero-order valence-corrected chi connectivity index (χ0v) is 16.2. The molecule has 0 saturated carbocycles. The average molecular weight is 365 g/mol. The molecule has 138 valence electrons. The molecule has 1 N–H and O–H groups in total. The molecule has 0 bridgehead atoms. The number of hydrogen-bond acceptors (Lipinski definition) is 3. The Kier molecular flexibility index (Phi) is 6.91. The van der Waals surface area contributed by atoms with E-state index in [1.165, 1.54) is 5.56 Å². The first-order valence-electron chi connectivity index (χ1n) is 9.08. The quantitative estimate of drug-likeness (QED) is 0.872. The second kappa shape index (κ2) is 8.72. The van der Waals surface area contributed by atoms with E-state index in [0.29, 0.717) is 12.5 Å². The van der Waals surface area contributed by atoms with Gasteiger partial charge in [0.25, 0.3) is 0 Å². The smallest absolute Gasteiger partial charge is 0.227 e. The largest absolute Gasteiger partial charge is 0.464 e. The van der Waals surface area contributed by atoms with Crippen LogP contribution in [0.1, 0.15) is 42.9 Å². The molecule has 1 aromatic heterocycles. The van der Waals surface area contributed by atoms with E-state index < -0.39 is 0 Å². The number of fused-ring (bicyclic) bond motifs is 1. The molecular formula is C20H29ClN2O2. The van der Waals surface area contributed by atoms with Gasteiger partial charge in [-0.05, 0) is 57.3 Å². The third-order valence-corrected chi connectivity index (χ3v) is 5.22. The summed E-state index contributed by atoms with van der Waals surface area (Å²) in [7, 11) is 0. The molecular weight excluding hydrogens is 336 g/mol. The fourth-order valence-corrected chi connectivity index (χ4v) is 3.66. The van der Waals surface area contributed by atoms with E-state index in [4.69, 9.17) is 4.42 Å². The number of rotatable bonds is 5. The normalized spacial score (nSPS) is 15.2. The highest BCUT2D eigenvalue weighted by molar-refractivity contribution is 5.89. The van der Waals surface area contributed by atoms with Crippen LogP contribution in [0.15, 0.2) is 22.8 Å². The number of nitrogens with zero attached hydrogens (tertiary/aromatic N) is 1. The van der Waals surface area contributed by atoms with Crippen molar-refractivity contribution in [2.75, 3.05) is 19.6 Å². The van der Waals surface area contributed by atoms with E-state index in [-0.39, 0.29) is 18.3 Å². The maximum atomic E-state index is 13.0. The molecule has 0 atom stereocenters. The van der Waals surface area contributed by atoms with Gasteiger partial charge in [-0.25, -0.2) is 0 Å². The van der Waals surface area contributed by atoms with Gasteiger partial charge in [-0.2, -0.15) is 0 Å². The zero-order valence-electron chi connectivity index (χ0n) is 15.4. The third-order valence-electron chi connectivity index (χ3n) is 5.22. The monoisotopic (exact) mass is 364 g/mol. The number of benzene rings is 1. The van der Waals surface area contributed by atoms with Crippen LogP contribution in [0.5, 0.6) is 0 Å². The average Bonchev–Trinajstić information content (AvgIpc) is 3.00. The van der Waals surface area contributed by atoms with E-state index in [9.17, 15) is 4.79 Å². The molecule has 0 spiro atoms. The molecule has 1 aliphatic heterocycles. The Balaban J connectivity index is 0.00000225. The Morgan fingerprint density at radius 1 is 1.28 bits per heavy atom. The first kappa shape index (κ1) is 19.8. The number of amides is 1. The standard InChI is InChI=1S/C20H28N2O2.ClH/c1-4-11-22(17-7-9-21-10-8-17)19(23)12-16-13-24-20-15(3)14(2)5-6-18(16)20;/h5-6,13,17,21H,4,7-12H2,1-3H3;1H. The van der Waals surface area contributed by atoms with Crippen molar-refractivity contribution in [2.45, 2.75) is 52.5 Å². The maximum Gasteiger partial charge on any atom is 0.227 e. The number of hydrogen-bond donors (Lipinski definition) is 1. The van der Waals surface area contributed by atoms with Crippen molar-refractivity contribution < 1.29 is 9.21 Å². The predicted molar refractivity (Wildman–Crippen MR) is 105 cm³/mol. The summed E-state index contributed by atoms with van der Waals surface area (Å²) >= 11 is 0. The number of nitrogens with one attached hydrogen (secondary N) is 1. The first-order valence-corrected chi connectivity index (χ1v) is 9.08. The summed E-state index contributed by atoms with van der Waals surface area (Å²) in [5, 5.41) is 4.46. The zero-order chi connectivity index (χ0) is 17.1. The number of furan rings is 1. The Labute approximate surface area is 156 Å². The minimum absolute atomic E-state index is 0. The van der Waals surface area contributed by atoms with Gasteiger partial charge in [-0.1, -0.05) is 19.1 Å². The molecule has 0 unspecified atom stereocenters. The van der Waals surface area contributed by atoms with Crippen LogP contribution in [0.4, 0.5) is 0 Å². The van der Waals surface area contributed by atoms with Crippen LogP contribution in [0.25, 0.3) is 11.0 Å². The van der Waals surface area contributed by atoms with Crippen LogP contribution in [0.2, 0.25) is 0 Å². The topological polar surface area (TPSA) is 45.5 Å². The Morgan fingerprint density at radius 2 is 2.00 bits per heavy atom. The molecule has 0 aliphatic carbocycles. The molecule has 1 amide bonds. The molecule has 2 aromatic rings. The summed E-state index contributed by atoms with van der Waals surface area (Å²) in [5.41, 5.74) is 4.31. The molecule has 4 nitrogen and oxygen atoms in total. The van der Waals surface area contributed by atoms with Gasteiger partial charge in [-0.3, -0.25) is 4.79 Å². The molecule has 0 radical (unpaired) electrons. The number of carbonyl (C=O) groups excluding carboxylic acids is 1. The number of aryl methyl sites for hydroxylation is 2. The van der Waals surface area contributed by atoms with Crippen molar-refractivity contribution >= 4 is 29.3 Å². The lowest BCUT2D eigenvalue weighted by molar-refractivity contribution is -0.133. The third kappa shape index (κ3) is 4.18. The van der Waals surface area contributed by atoms with Gasteiger partial charge >= 0.3 is 0 Å². The lowest BCUT2D eigenvalue weighted by Crippen LogP contribution is -2.47. The summed E-state index contributed by atoms with van der Waals surface area (Å²) in [6.07, 6.45) is 5.30. The van der Waals surface area contributed by atoms with Crippen molar-refractivity contribution in [3.05, 3.63) is 35.1 Å². The van der Waals surface area contributed by atoms with E-state index in [1.807, 2.05) is 0 Å². The second-order valence-corrected chi connectivity index (χ2v) is 6.89. The number of piperidine rings is 1. The Hall–Kier alpha value is -1.52. The van der Waals surface area contributed by atoms with Crippen LogP contribution in [-0.2, 0) is 11.2 Å². The van der Waals surface area contributed by atoms with Gasteiger partial charge in [0.15, 0.2) is 0 Å². The van der Waals surface area contributed by atoms with Crippen LogP contribution in [0, 0.1) is 13.8 Å². The lowest BCUT2D eigenvalue weighted by atomic mass is 10.0. The van der Waals surface area contributed by atoms with Crippen LogP contribution >= 0.6 is 12.4 Å². The molecule has 1 aromatic carbocycles. The van der Waals surface area contributed by atoms with Crippen LogP contribution < -0.4 is 5.32 Å². The van der Waals surface area contributed by atoms with E-state index in [1.54, 1.807) is 6.26 Å². The number of halogens is 1. The second-order valence-electron chi connectivity index (χ2n) is 6.89. The van der Waals surface area contributed by atoms with E-state index in [2.05, 4.69) is 43.1 Å².